The van der Waals surface area contributed by atoms with Crippen LogP contribution >= 0.6 is 0 Å². The first kappa shape index (κ1) is 30.1. The van der Waals surface area contributed by atoms with Crippen molar-refractivity contribution in [3.63, 3.8) is 0 Å². The number of pyridine rings is 1. The van der Waals surface area contributed by atoms with Crippen molar-refractivity contribution in [1.82, 2.24) is 25.2 Å². The van der Waals surface area contributed by atoms with Gasteiger partial charge in [0, 0.05) is 30.5 Å². The fourth-order valence-electron chi connectivity index (χ4n) is 4.35. The number of sulfonamides is 1. The topological polar surface area (TPSA) is 187 Å². The number of anilines is 2. The number of carbonyl (C=O) groups is 4. The van der Waals surface area contributed by atoms with E-state index in [0.29, 0.717) is 17.9 Å². The van der Waals surface area contributed by atoms with E-state index < -0.39 is 58.9 Å². The van der Waals surface area contributed by atoms with Crippen LogP contribution in [0.25, 0.3) is 0 Å². The highest BCUT2D eigenvalue weighted by Gasteiger charge is 2.40. The summed E-state index contributed by atoms with van der Waals surface area (Å²) in [4.78, 5) is 53.9. The molecule has 14 heteroatoms. The van der Waals surface area contributed by atoms with E-state index in [-0.39, 0.29) is 23.4 Å². The van der Waals surface area contributed by atoms with E-state index in [1.807, 2.05) is 6.07 Å². The van der Waals surface area contributed by atoms with Crippen molar-refractivity contribution in [3.8, 4) is 0 Å². The Morgan fingerprint density at radius 2 is 1.74 bits per heavy atom. The molecule has 5 N–H and O–H groups in total. The molecule has 2 heterocycles. The lowest BCUT2D eigenvalue weighted by molar-refractivity contribution is -0.142. The van der Waals surface area contributed by atoms with Gasteiger partial charge in [-0.25, -0.2) is 18.2 Å². The second kappa shape index (κ2) is 13.7. The molecule has 13 nitrogen and oxygen atoms in total. The number of aliphatic carboxylic acids is 1. The number of nitrogens with one attached hydrogen (secondary N) is 4. The number of hydrogen-bond donors (Lipinski definition) is 5. The Morgan fingerprint density at radius 3 is 2.45 bits per heavy atom. The first-order valence-electron chi connectivity index (χ1n) is 13.1. The van der Waals surface area contributed by atoms with Crippen LogP contribution in [0.4, 0.5) is 11.5 Å². The Bertz CT molecular complexity index is 1540. The molecular weight excluding hydrogens is 564 g/mol. The van der Waals surface area contributed by atoms with Crippen LogP contribution in [-0.4, -0.2) is 78.2 Å². The monoisotopic (exact) mass is 594 g/mol. The molecule has 4 rings (SSSR count). The van der Waals surface area contributed by atoms with Crippen molar-refractivity contribution >= 4 is 45.2 Å². The average molecular weight is 595 g/mol. The third-order valence-electron chi connectivity index (χ3n) is 6.45. The predicted octanol–water partition coefficient (Wildman–Crippen LogP) is 1.09. The lowest BCUT2D eigenvalue weighted by Gasteiger charge is -2.25. The Hall–Kier alpha value is -4.82. The van der Waals surface area contributed by atoms with Gasteiger partial charge >= 0.3 is 5.97 Å². The number of carboxylic acid groups (broad SMARTS) is 1. The highest BCUT2D eigenvalue weighted by Crippen LogP contribution is 2.26. The smallest absolute Gasteiger partial charge is 0.328 e. The zero-order valence-corrected chi connectivity index (χ0v) is 23.2. The van der Waals surface area contributed by atoms with Crippen LogP contribution in [0.5, 0.6) is 0 Å². The minimum Gasteiger partial charge on any atom is -0.480 e. The summed E-state index contributed by atoms with van der Waals surface area (Å²) in [5.74, 6) is -2.81. The zero-order valence-electron chi connectivity index (χ0n) is 22.4. The van der Waals surface area contributed by atoms with E-state index in [9.17, 15) is 32.7 Å². The number of benzene rings is 2. The van der Waals surface area contributed by atoms with E-state index >= 15 is 0 Å². The third kappa shape index (κ3) is 7.67. The van der Waals surface area contributed by atoms with Gasteiger partial charge in [0.1, 0.15) is 17.9 Å². The SMILES string of the molecule is O=C(CNC(=O)c1cccc(Nc2ccccn2)c1)NCC(NC(=O)C1CCCN1S(=O)(=O)c1ccccc1)C(=O)O. The first-order valence-corrected chi connectivity index (χ1v) is 14.5. The molecule has 2 aromatic carbocycles. The number of aromatic nitrogens is 1. The minimum absolute atomic E-state index is 0.0324. The summed E-state index contributed by atoms with van der Waals surface area (Å²) in [6.07, 6.45) is 2.28. The normalized spacial score (nSPS) is 15.8. The number of carboxylic acids is 1. The van der Waals surface area contributed by atoms with Crippen molar-refractivity contribution in [3.05, 3.63) is 84.6 Å². The molecule has 2 atom stereocenters. The maximum Gasteiger partial charge on any atom is 0.328 e. The Kier molecular flexibility index (Phi) is 9.83. The molecule has 1 aromatic heterocycles. The van der Waals surface area contributed by atoms with Gasteiger partial charge in [-0.1, -0.05) is 30.3 Å². The van der Waals surface area contributed by atoms with Crippen LogP contribution in [0.3, 0.4) is 0 Å². The molecule has 0 aliphatic carbocycles. The van der Waals surface area contributed by atoms with Gasteiger partial charge in [0.15, 0.2) is 0 Å². The van der Waals surface area contributed by atoms with Crippen molar-refractivity contribution in [2.45, 2.75) is 29.8 Å². The third-order valence-corrected chi connectivity index (χ3v) is 8.37. The van der Waals surface area contributed by atoms with Gasteiger partial charge in [-0.2, -0.15) is 4.31 Å². The summed E-state index contributed by atoms with van der Waals surface area (Å²) in [7, 11) is -3.96. The predicted molar refractivity (Wildman–Crippen MR) is 152 cm³/mol. The van der Waals surface area contributed by atoms with E-state index in [0.717, 1.165) is 4.31 Å². The molecule has 1 saturated heterocycles. The van der Waals surface area contributed by atoms with Crippen LogP contribution in [0.15, 0.2) is 83.9 Å². The molecule has 0 saturated carbocycles. The largest absolute Gasteiger partial charge is 0.480 e. The Labute approximate surface area is 242 Å². The molecule has 0 bridgehead atoms. The molecule has 1 aliphatic heterocycles. The van der Waals surface area contributed by atoms with Gasteiger partial charge in [-0.3, -0.25) is 14.4 Å². The van der Waals surface area contributed by atoms with E-state index in [4.69, 9.17) is 0 Å². The van der Waals surface area contributed by atoms with Crippen LogP contribution in [0.1, 0.15) is 23.2 Å². The van der Waals surface area contributed by atoms with Gasteiger partial charge in [0.25, 0.3) is 5.91 Å². The Morgan fingerprint density at radius 1 is 0.976 bits per heavy atom. The molecule has 0 spiro atoms. The minimum atomic E-state index is -3.96. The second-order valence-electron chi connectivity index (χ2n) is 9.39. The molecule has 3 aromatic rings. The standard InChI is InChI=1S/C28H30N6O7S/c35-25(18-31-26(36)19-8-6-9-20(16-19)32-24-13-4-5-14-29-24)30-17-22(28(38)39)33-27(37)23-12-7-15-34(23)42(40,41)21-10-2-1-3-11-21/h1-6,8-11,13-14,16,22-23H,7,12,15,17-18H2,(H,29,32)(H,30,35)(H,31,36)(H,33,37)(H,38,39). The number of rotatable bonds is 12. The first-order chi connectivity index (χ1) is 20.1. The van der Waals surface area contributed by atoms with Crippen molar-refractivity contribution in [2.75, 3.05) is 25.0 Å². The quantitative estimate of drug-likeness (QED) is 0.205. The summed E-state index contributed by atoms with van der Waals surface area (Å²) in [5.41, 5.74) is 0.897. The van der Waals surface area contributed by atoms with Crippen LogP contribution in [0.2, 0.25) is 0 Å². The van der Waals surface area contributed by atoms with Gasteiger partial charge < -0.3 is 26.4 Å². The fourth-order valence-corrected chi connectivity index (χ4v) is 6.03. The van der Waals surface area contributed by atoms with Gasteiger partial charge in [0.2, 0.25) is 21.8 Å². The van der Waals surface area contributed by atoms with Crippen molar-refractivity contribution in [1.29, 1.82) is 0 Å². The van der Waals surface area contributed by atoms with Gasteiger partial charge in [-0.05, 0) is 55.3 Å². The van der Waals surface area contributed by atoms with Crippen LogP contribution in [-0.2, 0) is 24.4 Å². The lowest BCUT2D eigenvalue weighted by Crippen LogP contribution is -2.54. The number of hydrogen-bond acceptors (Lipinski definition) is 8. The van der Waals surface area contributed by atoms with Crippen LogP contribution in [0, 0.1) is 0 Å². The molecule has 1 fully saturated rings. The number of nitrogens with zero attached hydrogens (tertiary/aromatic N) is 2. The molecule has 2 unspecified atom stereocenters. The van der Waals surface area contributed by atoms with E-state index in [1.165, 1.54) is 12.1 Å². The lowest BCUT2D eigenvalue weighted by atomic mass is 10.2. The molecule has 220 valence electrons. The van der Waals surface area contributed by atoms with Crippen molar-refractivity contribution in [2.24, 2.45) is 0 Å². The molecular formula is C28H30N6O7S. The highest BCUT2D eigenvalue weighted by atomic mass is 32.2. The summed E-state index contributed by atoms with van der Waals surface area (Å²) in [6.45, 7) is -0.800. The summed E-state index contributed by atoms with van der Waals surface area (Å²) in [6, 6.07) is 17.0. The van der Waals surface area contributed by atoms with Gasteiger partial charge in [-0.15, -0.1) is 0 Å². The summed E-state index contributed by atoms with van der Waals surface area (Å²) >= 11 is 0. The molecule has 0 radical (unpaired) electrons. The summed E-state index contributed by atoms with van der Waals surface area (Å²) < 4.78 is 27.2. The average Bonchev–Trinajstić information content (AvgIpc) is 3.50. The number of amides is 3. The maximum atomic E-state index is 13.0. The van der Waals surface area contributed by atoms with E-state index in [2.05, 4.69) is 26.3 Å². The molecule has 1 aliphatic rings. The highest BCUT2D eigenvalue weighted by molar-refractivity contribution is 7.89. The van der Waals surface area contributed by atoms with Crippen LogP contribution < -0.4 is 21.3 Å². The number of carbonyl (C=O) groups excluding carboxylic acids is 3. The molecule has 3 amide bonds. The zero-order chi connectivity index (χ0) is 30.1. The second-order valence-corrected chi connectivity index (χ2v) is 11.3. The summed E-state index contributed by atoms with van der Waals surface area (Å²) in [5, 5.41) is 19.8. The van der Waals surface area contributed by atoms with E-state index in [1.54, 1.807) is 60.8 Å². The van der Waals surface area contributed by atoms with Crippen molar-refractivity contribution < 1.29 is 32.7 Å². The van der Waals surface area contributed by atoms with Gasteiger partial charge in [0.05, 0.1) is 11.4 Å². The molecule has 42 heavy (non-hydrogen) atoms. The maximum absolute atomic E-state index is 13.0. The fraction of sp³-hybridized carbons (Fsp3) is 0.250. The Balaban J connectivity index is 1.28.